The number of halogens is 1. The normalized spacial score (nSPS) is 14.9. The van der Waals surface area contributed by atoms with Crippen LogP contribution in [-0.2, 0) is 9.47 Å². The topological polar surface area (TPSA) is 88.5 Å². The van der Waals surface area contributed by atoms with Gasteiger partial charge in [-0.25, -0.2) is 9.59 Å². The van der Waals surface area contributed by atoms with E-state index in [1.54, 1.807) is 24.3 Å². The highest BCUT2D eigenvalue weighted by Crippen LogP contribution is 2.24. The molecule has 2 amide bonds. The van der Waals surface area contributed by atoms with Crippen molar-refractivity contribution in [1.82, 2.24) is 9.80 Å². The van der Waals surface area contributed by atoms with Gasteiger partial charge >= 0.3 is 12.2 Å². The number of piperidine rings is 2. The lowest BCUT2D eigenvalue weighted by Gasteiger charge is -2.33. The van der Waals surface area contributed by atoms with E-state index in [1.807, 2.05) is 115 Å². The number of carbonyl (C=O) groups is 2. The Kier molecular flexibility index (Phi) is 24.4. The molecule has 4 rings (SSSR count). The van der Waals surface area contributed by atoms with E-state index in [4.69, 9.17) is 19.3 Å². The third-order valence-corrected chi connectivity index (χ3v) is 7.80. The first-order chi connectivity index (χ1) is 23.3. The molecule has 0 radical (unpaired) electrons. The number of ether oxygens (including phenoxy) is 3. The summed E-state index contributed by atoms with van der Waals surface area (Å²) < 4.78 is 16.5. The number of alkyl halides is 1. The summed E-state index contributed by atoms with van der Waals surface area (Å²) in [5.41, 5.74) is -0.804. The lowest BCUT2D eigenvalue weighted by molar-refractivity contribution is 0.0169. The van der Waals surface area contributed by atoms with E-state index in [0.717, 1.165) is 81.9 Å². The van der Waals surface area contributed by atoms with Gasteiger partial charge in [-0.05, 0) is 116 Å². The maximum Gasteiger partial charge on any atom is 0.410 e. The lowest BCUT2D eigenvalue weighted by Crippen LogP contribution is -2.41. The van der Waals surface area contributed by atoms with Gasteiger partial charge in [-0.3, -0.25) is 0 Å². The Balaban J connectivity index is 0.000000742. The van der Waals surface area contributed by atoms with Gasteiger partial charge in [0.25, 0.3) is 0 Å². The molecule has 2 saturated heterocycles. The highest BCUT2D eigenvalue weighted by atomic mass is 79.9. The third kappa shape index (κ3) is 23.2. The second-order valence-corrected chi connectivity index (χ2v) is 14.4. The van der Waals surface area contributed by atoms with Gasteiger partial charge in [-0.2, -0.15) is 0 Å². The predicted octanol–water partition coefficient (Wildman–Crippen LogP) is 11.0. The van der Waals surface area contributed by atoms with Crippen molar-refractivity contribution >= 4 is 28.1 Å². The molecule has 0 bridgehead atoms. The van der Waals surface area contributed by atoms with Crippen LogP contribution < -0.4 is 4.74 Å². The fourth-order valence-electron chi connectivity index (χ4n) is 4.90. The number of carbonyl (C=O) groups excluding carboxylic acids is 2. The van der Waals surface area contributed by atoms with E-state index in [0.29, 0.717) is 11.7 Å². The van der Waals surface area contributed by atoms with Crippen molar-refractivity contribution in [2.24, 2.45) is 11.8 Å². The lowest BCUT2D eigenvalue weighted by atomic mass is 9.94. The van der Waals surface area contributed by atoms with E-state index < -0.39 is 5.60 Å². The Morgan fingerprint density at radius 3 is 1.37 bits per heavy atom. The molecule has 2 heterocycles. The zero-order valence-corrected chi connectivity index (χ0v) is 33.8. The molecule has 0 aromatic heterocycles. The molecule has 280 valence electrons. The number of hydrogen-bond donors (Lipinski definition) is 1. The van der Waals surface area contributed by atoms with E-state index in [1.165, 1.54) is 6.42 Å². The molecule has 2 aliphatic rings. The first-order valence-electron chi connectivity index (χ1n) is 18.2. The number of benzene rings is 2. The van der Waals surface area contributed by atoms with Gasteiger partial charge in [0, 0.05) is 31.5 Å². The Morgan fingerprint density at radius 2 is 1.04 bits per heavy atom. The summed E-state index contributed by atoms with van der Waals surface area (Å²) >= 11 is 3.46. The van der Waals surface area contributed by atoms with Crippen molar-refractivity contribution in [1.29, 1.82) is 0 Å². The minimum atomic E-state index is -0.419. The molecule has 2 aromatic rings. The standard InChI is InChI=1S/C18H27NO3.C12H22BrNO2.C6H6O.2C2H6/c1-18(2,3)22-17(20)19-12-9-15(10-13-19)11-14-21-16-7-5-4-6-8-16;1-12(2,3)16-11(15)14-8-5-10(4-7-13)6-9-14;7-6-4-2-1-3-5-6;2*1-2/h4-8,15H,9-14H2,1-3H3;10H,4-9H2,1-3H3;1-5,7H;2*1-2H3. The third-order valence-electron chi connectivity index (χ3n) is 7.34. The Labute approximate surface area is 307 Å². The molecule has 2 fully saturated rings. The summed E-state index contributed by atoms with van der Waals surface area (Å²) in [6.07, 6.45) is 6.15. The molecule has 8 nitrogen and oxygen atoms in total. The van der Waals surface area contributed by atoms with Gasteiger partial charge in [0.2, 0.25) is 0 Å². The van der Waals surface area contributed by atoms with Crippen LogP contribution >= 0.6 is 15.9 Å². The molecule has 0 aliphatic carbocycles. The first kappa shape index (κ1) is 46.1. The predicted molar refractivity (Wildman–Crippen MR) is 207 cm³/mol. The molecule has 0 saturated carbocycles. The van der Waals surface area contributed by atoms with E-state index >= 15 is 0 Å². The van der Waals surface area contributed by atoms with Crippen molar-refractivity contribution in [2.75, 3.05) is 38.1 Å². The molecule has 9 heteroatoms. The Bertz CT molecular complexity index is 1090. The van der Waals surface area contributed by atoms with Crippen LogP contribution in [0.25, 0.3) is 0 Å². The van der Waals surface area contributed by atoms with Crippen molar-refractivity contribution in [3.8, 4) is 11.5 Å². The molecular formula is C40H67BrN2O6. The molecule has 0 spiro atoms. The SMILES string of the molecule is CC.CC.CC(C)(C)OC(=O)N1CCC(CCBr)CC1.CC(C)(C)OC(=O)N1CCC(CCOc2ccccc2)CC1.Oc1ccccc1. The maximum absolute atomic E-state index is 12.0. The summed E-state index contributed by atoms with van der Waals surface area (Å²) in [6, 6.07) is 18.6. The summed E-state index contributed by atoms with van der Waals surface area (Å²) in [5, 5.41) is 9.69. The molecule has 2 aromatic carbocycles. The van der Waals surface area contributed by atoms with Crippen LogP contribution in [0.4, 0.5) is 9.59 Å². The molecular weight excluding hydrogens is 684 g/mol. The number of nitrogens with zero attached hydrogens (tertiary/aromatic N) is 2. The molecule has 49 heavy (non-hydrogen) atoms. The molecule has 0 unspecified atom stereocenters. The molecule has 2 aliphatic heterocycles. The zero-order valence-electron chi connectivity index (χ0n) is 32.2. The number of rotatable bonds is 6. The number of hydrogen-bond acceptors (Lipinski definition) is 6. The fourth-order valence-corrected chi connectivity index (χ4v) is 5.55. The fraction of sp³-hybridized carbons (Fsp3) is 0.650. The first-order valence-corrected chi connectivity index (χ1v) is 19.3. The summed E-state index contributed by atoms with van der Waals surface area (Å²) in [4.78, 5) is 27.4. The number of phenolic OH excluding ortho intramolecular Hbond substituents is 1. The van der Waals surface area contributed by atoms with Crippen LogP contribution in [0, 0.1) is 11.8 Å². The number of likely N-dealkylation sites (tertiary alicyclic amines) is 2. The van der Waals surface area contributed by atoms with Gasteiger partial charge in [0.05, 0.1) is 6.61 Å². The number of aromatic hydroxyl groups is 1. The maximum atomic E-state index is 12.0. The largest absolute Gasteiger partial charge is 0.508 e. The second-order valence-electron chi connectivity index (χ2n) is 13.6. The quantitative estimate of drug-likeness (QED) is 0.296. The van der Waals surface area contributed by atoms with Gasteiger partial charge in [0.1, 0.15) is 22.7 Å². The minimum Gasteiger partial charge on any atom is -0.508 e. The Morgan fingerprint density at radius 1 is 0.673 bits per heavy atom. The monoisotopic (exact) mass is 750 g/mol. The van der Waals surface area contributed by atoms with Crippen molar-refractivity contribution < 1.29 is 28.9 Å². The average Bonchev–Trinajstić information content (AvgIpc) is 3.07. The van der Waals surface area contributed by atoms with Crippen LogP contribution in [0.1, 0.15) is 108 Å². The van der Waals surface area contributed by atoms with Gasteiger partial charge < -0.3 is 29.1 Å². The van der Waals surface area contributed by atoms with Gasteiger partial charge in [-0.1, -0.05) is 80.0 Å². The Hall–Kier alpha value is -2.94. The second kappa shape index (κ2) is 25.9. The number of para-hydroxylation sites is 2. The van der Waals surface area contributed by atoms with Crippen LogP contribution in [0.15, 0.2) is 60.7 Å². The summed E-state index contributed by atoms with van der Waals surface area (Å²) in [7, 11) is 0. The van der Waals surface area contributed by atoms with Gasteiger partial charge in [0.15, 0.2) is 0 Å². The highest BCUT2D eigenvalue weighted by molar-refractivity contribution is 9.09. The van der Waals surface area contributed by atoms with Crippen LogP contribution in [-0.4, -0.2) is 76.4 Å². The number of amides is 2. The molecule has 1 N–H and O–H groups in total. The smallest absolute Gasteiger partial charge is 0.410 e. The minimum absolute atomic E-state index is 0.162. The average molecular weight is 752 g/mol. The van der Waals surface area contributed by atoms with Crippen LogP contribution in [0.5, 0.6) is 11.5 Å². The van der Waals surface area contributed by atoms with Gasteiger partial charge in [-0.15, -0.1) is 0 Å². The summed E-state index contributed by atoms with van der Waals surface area (Å²) in [5.74, 6) is 2.64. The number of phenols is 1. The van der Waals surface area contributed by atoms with Crippen LogP contribution in [0.2, 0.25) is 0 Å². The van der Waals surface area contributed by atoms with E-state index in [9.17, 15) is 9.59 Å². The summed E-state index contributed by atoms with van der Waals surface area (Å²) in [6.45, 7) is 23.4. The van der Waals surface area contributed by atoms with Crippen LogP contribution in [0.3, 0.4) is 0 Å². The van der Waals surface area contributed by atoms with E-state index in [2.05, 4.69) is 15.9 Å². The van der Waals surface area contributed by atoms with Crippen molar-refractivity contribution in [3.05, 3.63) is 60.7 Å². The molecule has 0 atom stereocenters. The van der Waals surface area contributed by atoms with Crippen molar-refractivity contribution in [3.63, 3.8) is 0 Å². The zero-order chi connectivity index (χ0) is 37.3. The highest BCUT2D eigenvalue weighted by Gasteiger charge is 2.27. The van der Waals surface area contributed by atoms with Crippen molar-refractivity contribution in [2.45, 2.75) is 119 Å². The van der Waals surface area contributed by atoms with E-state index in [-0.39, 0.29) is 17.8 Å².